The van der Waals surface area contributed by atoms with Gasteiger partial charge >= 0.3 is 6.03 Å². The van der Waals surface area contributed by atoms with Crippen LogP contribution in [0.15, 0.2) is 35.5 Å². The number of nitrogens with zero attached hydrogens (tertiary/aromatic N) is 6. The lowest BCUT2D eigenvalue weighted by Crippen LogP contribution is -2.21. The van der Waals surface area contributed by atoms with Crippen molar-refractivity contribution in [1.29, 1.82) is 0 Å². The van der Waals surface area contributed by atoms with Crippen LogP contribution in [-0.2, 0) is 17.8 Å². The van der Waals surface area contributed by atoms with Crippen molar-refractivity contribution in [2.75, 3.05) is 31.8 Å². The standard InChI is InChI=1S/C23H27N9O3/c1-24-23(35)28-18(13-33)10-16-12-26-32-19(16)29-21(30-22(32)27-17-8-9-17)25-11-14-4-6-15(7-5-14)20(34)31(2)3/h4-7,12-13,17H,8-11H2,1-3H3,(H,24,35)(H2,25,27,29,30). The van der Waals surface area contributed by atoms with E-state index in [1.165, 1.54) is 11.9 Å². The normalized spacial score (nSPS) is 13.4. The van der Waals surface area contributed by atoms with Crippen LogP contribution in [0.5, 0.6) is 0 Å². The molecular weight excluding hydrogens is 450 g/mol. The Morgan fingerprint density at radius 2 is 1.94 bits per heavy atom. The van der Waals surface area contributed by atoms with Gasteiger partial charge in [0.25, 0.3) is 5.91 Å². The van der Waals surface area contributed by atoms with Crippen molar-refractivity contribution in [3.63, 3.8) is 0 Å². The Bertz CT molecular complexity index is 1280. The van der Waals surface area contributed by atoms with E-state index in [1.54, 1.807) is 36.9 Å². The molecule has 182 valence electrons. The molecule has 12 nitrogen and oxygen atoms in total. The van der Waals surface area contributed by atoms with Crippen LogP contribution in [0.1, 0.15) is 34.3 Å². The fourth-order valence-corrected chi connectivity index (χ4v) is 3.32. The van der Waals surface area contributed by atoms with Crippen molar-refractivity contribution in [2.45, 2.75) is 31.8 Å². The lowest BCUT2D eigenvalue weighted by Gasteiger charge is -2.12. The minimum atomic E-state index is -0.602. The van der Waals surface area contributed by atoms with Crippen molar-refractivity contribution in [3.8, 4) is 0 Å². The number of urea groups is 1. The highest BCUT2D eigenvalue weighted by atomic mass is 16.2. The summed E-state index contributed by atoms with van der Waals surface area (Å²) >= 11 is 0. The van der Waals surface area contributed by atoms with E-state index in [0.717, 1.165) is 18.4 Å². The van der Waals surface area contributed by atoms with Gasteiger partial charge in [-0.15, -0.1) is 0 Å². The van der Waals surface area contributed by atoms with Gasteiger partial charge in [0.15, 0.2) is 11.9 Å². The maximum absolute atomic E-state index is 12.1. The number of aldehydes is 1. The maximum atomic E-state index is 12.1. The summed E-state index contributed by atoms with van der Waals surface area (Å²) in [6, 6.07) is 7.05. The monoisotopic (exact) mass is 477 g/mol. The molecule has 4 rings (SSSR count). The zero-order valence-corrected chi connectivity index (χ0v) is 19.8. The van der Waals surface area contributed by atoms with Gasteiger partial charge in [0.1, 0.15) is 0 Å². The number of carbonyl (C=O) groups is 3. The lowest BCUT2D eigenvalue weighted by molar-refractivity contribution is -0.102. The van der Waals surface area contributed by atoms with Crippen LogP contribution in [0.4, 0.5) is 16.7 Å². The van der Waals surface area contributed by atoms with Gasteiger partial charge in [-0.3, -0.25) is 9.59 Å². The van der Waals surface area contributed by atoms with Gasteiger partial charge in [0.2, 0.25) is 11.9 Å². The Labute approximate surface area is 201 Å². The second kappa shape index (κ2) is 10.3. The van der Waals surface area contributed by atoms with Crippen molar-refractivity contribution in [2.24, 2.45) is 4.99 Å². The number of hydrogen-bond acceptors (Lipinski definition) is 8. The van der Waals surface area contributed by atoms with Crippen LogP contribution in [0.25, 0.3) is 5.65 Å². The number of aromatic nitrogens is 4. The van der Waals surface area contributed by atoms with E-state index in [1.807, 2.05) is 12.1 Å². The molecule has 3 N–H and O–H groups in total. The van der Waals surface area contributed by atoms with E-state index >= 15 is 0 Å². The topological polar surface area (TPSA) is 146 Å². The van der Waals surface area contributed by atoms with Gasteiger partial charge in [0.05, 0.1) is 11.9 Å². The molecule has 1 aliphatic carbocycles. The van der Waals surface area contributed by atoms with Gasteiger partial charge in [-0.2, -0.15) is 24.6 Å². The number of fused-ring (bicyclic) bond motifs is 1. The molecule has 2 aromatic heterocycles. The summed E-state index contributed by atoms with van der Waals surface area (Å²) in [4.78, 5) is 49.6. The average molecular weight is 478 g/mol. The second-order valence-electron chi connectivity index (χ2n) is 8.40. The molecule has 0 aliphatic heterocycles. The molecule has 0 spiro atoms. The molecule has 35 heavy (non-hydrogen) atoms. The van der Waals surface area contributed by atoms with Crippen LogP contribution < -0.4 is 16.0 Å². The van der Waals surface area contributed by atoms with E-state index < -0.39 is 6.03 Å². The number of benzene rings is 1. The molecule has 0 unspecified atom stereocenters. The molecule has 2 heterocycles. The van der Waals surface area contributed by atoms with Crippen LogP contribution in [-0.4, -0.2) is 75.6 Å². The number of amides is 3. The summed E-state index contributed by atoms with van der Waals surface area (Å²) in [7, 11) is 4.87. The number of aliphatic imine (C=N–C) groups is 1. The molecular formula is C23H27N9O3. The maximum Gasteiger partial charge on any atom is 0.341 e. The Kier molecular flexibility index (Phi) is 6.99. The Hall–Kier alpha value is -4.35. The SMILES string of the molecule is CNC(=O)N=C(C=O)Cc1cnn2c(NC3CC3)nc(NCc3ccc(C(=O)N(C)C)cc3)nc12. The van der Waals surface area contributed by atoms with Crippen molar-refractivity contribution < 1.29 is 14.4 Å². The minimum Gasteiger partial charge on any atom is -0.351 e. The van der Waals surface area contributed by atoms with Crippen LogP contribution in [0.2, 0.25) is 0 Å². The highest BCUT2D eigenvalue weighted by Crippen LogP contribution is 2.25. The van der Waals surface area contributed by atoms with E-state index in [0.29, 0.717) is 47.5 Å². The van der Waals surface area contributed by atoms with Gasteiger partial charge in [-0.25, -0.2) is 4.79 Å². The zero-order chi connectivity index (χ0) is 24.9. The fourth-order valence-electron chi connectivity index (χ4n) is 3.32. The molecule has 1 aliphatic rings. The molecule has 0 radical (unpaired) electrons. The van der Waals surface area contributed by atoms with Crippen molar-refractivity contribution in [1.82, 2.24) is 29.8 Å². The number of carbonyl (C=O) groups excluding carboxylic acids is 3. The first kappa shape index (κ1) is 23.8. The van der Waals surface area contributed by atoms with Gasteiger partial charge in [-0.05, 0) is 30.5 Å². The van der Waals surface area contributed by atoms with E-state index in [2.05, 4.69) is 36.0 Å². The molecule has 3 amide bonds. The predicted molar refractivity (Wildman–Crippen MR) is 131 cm³/mol. The third kappa shape index (κ3) is 5.78. The molecule has 0 atom stereocenters. The van der Waals surface area contributed by atoms with Crippen molar-refractivity contribution in [3.05, 3.63) is 47.2 Å². The summed E-state index contributed by atoms with van der Waals surface area (Å²) < 4.78 is 1.59. The number of hydrogen-bond donors (Lipinski definition) is 3. The molecule has 12 heteroatoms. The summed E-state index contributed by atoms with van der Waals surface area (Å²) in [5.74, 6) is 0.859. The quantitative estimate of drug-likeness (QED) is 0.311. The lowest BCUT2D eigenvalue weighted by atomic mass is 10.1. The van der Waals surface area contributed by atoms with E-state index in [4.69, 9.17) is 0 Å². The molecule has 0 saturated heterocycles. The molecule has 3 aromatic rings. The summed E-state index contributed by atoms with van der Waals surface area (Å²) in [5, 5.41) is 13.3. The van der Waals surface area contributed by atoms with E-state index in [9.17, 15) is 14.4 Å². The third-order valence-electron chi connectivity index (χ3n) is 5.38. The molecule has 1 aromatic carbocycles. The van der Waals surface area contributed by atoms with Gasteiger partial charge < -0.3 is 20.9 Å². The Morgan fingerprint density at radius 1 is 1.20 bits per heavy atom. The second-order valence-corrected chi connectivity index (χ2v) is 8.40. The highest BCUT2D eigenvalue weighted by Gasteiger charge is 2.24. The van der Waals surface area contributed by atoms with Crippen molar-refractivity contribution >= 4 is 41.5 Å². The van der Waals surface area contributed by atoms with Gasteiger partial charge in [-0.1, -0.05) is 12.1 Å². The largest absolute Gasteiger partial charge is 0.351 e. The molecule has 1 fully saturated rings. The minimum absolute atomic E-state index is 0.0583. The zero-order valence-electron chi connectivity index (χ0n) is 19.8. The third-order valence-corrected chi connectivity index (χ3v) is 5.38. The Balaban J connectivity index is 1.58. The first-order chi connectivity index (χ1) is 16.9. The fraction of sp³-hybridized carbons (Fsp3) is 0.348. The predicted octanol–water partition coefficient (Wildman–Crippen LogP) is 1.53. The van der Waals surface area contributed by atoms with Gasteiger partial charge in [0, 0.05) is 51.3 Å². The summed E-state index contributed by atoms with van der Waals surface area (Å²) in [6.45, 7) is 0.441. The average Bonchev–Trinajstić information content (AvgIpc) is 3.59. The van der Waals surface area contributed by atoms with Crippen LogP contribution in [0, 0.1) is 0 Å². The summed E-state index contributed by atoms with van der Waals surface area (Å²) in [5.41, 5.74) is 2.77. The first-order valence-electron chi connectivity index (χ1n) is 11.2. The van der Waals surface area contributed by atoms with E-state index in [-0.39, 0.29) is 18.0 Å². The number of nitrogens with one attached hydrogen (secondary N) is 3. The molecule has 1 saturated carbocycles. The number of anilines is 2. The Morgan fingerprint density at radius 3 is 2.57 bits per heavy atom. The summed E-state index contributed by atoms with van der Waals surface area (Å²) in [6.07, 6.45) is 4.34. The van der Waals surface area contributed by atoms with Crippen LogP contribution in [0.3, 0.4) is 0 Å². The van der Waals surface area contributed by atoms with Crippen LogP contribution >= 0.6 is 0 Å². The highest BCUT2D eigenvalue weighted by molar-refractivity contribution is 6.31. The first-order valence-corrected chi connectivity index (χ1v) is 11.2. The molecule has 0 bridgehead atoms. The number of rotatable bonds is 9. The smallest absolute Gasteiger partial charge is 0.341 e.